The van der Waals surface area contributed by atoms with E-state index >= 15 is 0 Å². The predicted molar refractivity (Wildman–Crippen MR) is 303 cm³/mol. The minimum atomic E-state index is -4.42. The number of alkyl halides is 6. The van der Waals surface area contributed by atoms with Gasteiger partial charge in [-0.3, -0.25) is 0 Å². The van der Waals surface area contributed by atoms with E-state index in [2.05, 4.69) is 96.9 Å². The van der Waals surface area contributed by atoms with Gasteiger partial charge < -0.3 is 19.6 Å². The van der Waals surface area contributed by atoms with Crippen molar-refractivity contribution in [1.82, 2.24) is 50.4 Å². The highest BCUT2D eigenvalue weighted by molar-refractivity contribution is 5.86. The van der Waals surface area contributed by atoms with Crippen LogP contribution in [-0.4, -0.2) is 76.6 Å². The zero-order valence-electron chi connectivity index (χ0n) is 46.9. The number of aryl methyl sites for hydroxylation is 6. The maximum absolute atomic E-state index is 13.7. The highest BCUT2D eigenvalue weighted by Crippen LogP contribution is 2.41. The molecule has 8 aromatic rings. The summed E-state index contributed by atoms with van der Waals surface area (Å²) in [5.41, 5.74) is 7.24. The van der Waals surface area contributed by atoms with Crippen molar-refractivity contribution >= 4 is 45.3 Å². The van der Waals surface area contributed by atoms with Crippen molar-refractivity contribution in [2.45, 2.75) is 124 Å². The average Bonchev–Trinajstić information content (AvgIpc) is 4.42. The number of aromatic nitrogens is 10. The second-order valence-electron chi connectivity index (χ2n) is 23.3. The van der Waals surface area contributed by atoms with Crippen LogP contribution in [0.25, 0.3) is 21.8 Å². The van der Waals surface area contributed by atoms with Crippen LogP contribution in [0.3, 0.4) is 0 Å². The first-order valence-corrected chi connectivity index (χ1v) is 28.4. The highest BCUT2D eigenvalue weighted by Gasteiger charge is 2.36. The summed E-state index contributed by atoms with van der Waals surface area (Å²) in [6.45, 7) is 12.7. The van der Waals surface area contributed by atoms with Gasteiger partial charge in [-0.25, -0.2) is 9.97 Å². The minimum absolute atomic E-state index is 0.201. The third-order valence-electron chi connectivity index (χ3n) is 15.7. The average molecular weight is 1110 g/mol. The molecule has 4 aliphatic carbocycles. The van der Waals surface area contributed by atoms with Crippen molar-refractivity contribution in [2.75, 3.05) is 45.8 Å². The Bertz CT molecular complexity index is 3490. The number of hydrogen-bond acceptors (Lipinski definition) is 12. The van der Waals surface area contributed by atoms with Crippen molar-refractivity contribution < 1.29 is 26.3 Å². The van der Waals surface area contributed by atoms with Gasteiger partial charge in [-0.05, 0) is 171 Å². The van der Waals surface area contributed by atoms with Gasteiger partial charge >= 0.3 is 12.4 Å². The fourth-order valence-electron chi connectivity index (χ4n) is 11.0. The van der Waals surface area contributed by atoms with Gasteiger partial charge in [0.1, 0.15) is 11.6 Å². The van der Waals surface area contributed by atoms with E-state index < -0.39 is 23.5 Å². The number of fused-ring (bicyclic) bond motifs is 2. The quantitative estimate of drug-likeness (QED) is 0.0636. The number of para-hydroxylation sites is 2. The fraction of sp³-hybridized carbons (Fsp3) is 0.475. The molecular weight excluding hydrogens is 1040 g/mol. The molecule has 0 bridgehead atoms. The molecule has 426 valence electrons. The first-order valence-electron chi connectivity index (χ1n) is 28.4. The van der Waals surface area contributed by atoms with Crippen molar-refractivity contribution in [1.29, 1.82) is 0 Å². The number of tetrazole rings is 2. The van der Waals surface area contributed by atoms with Crippen molar-refractivity contribution in [3.63, 3.8) is 0 Å². The zero-order valence-corrected chi connectivity index (χ0v) is 46.9. The lowest BCUT2D eigenvalue weighted by Crippen LogP contribution is -2.32. The summed E-state index contributed by atoms with van der Waals surface area (Å²) in [4.78, 5) is 22.0. The van der Waals surface area contributed by atoms with Crippen LogP contribution in [-0.2, 0) is 59.0 Å². The molecule has 4 aromatic heterocycles. The summed E-state index contributed by atoms with van der Waals surface area (Å²) in [6.07, 6.45) is 2.00. The van der Waals surface area contributed by atoms with Crippen LogP contribution in [0.1, 0.15) is 114 Å². The van der Waals surface area contributed by atoms with Gasteiger partial charge in [0.25, 0.3) is 11.9 Å². The number of anilines is 4. The molecule has 0 atom stereocenters. The third kappa shape index (κ3) is 14.0. The molecule has 4 aromatic carbocycles. The van der Waals surface area contributed by atoms with Gasteiger partial charge in [0.05, 0.1) is 36.3 Å². The first kappa shape index (κ1) is 55.5. The van der Waals surface area contributed by atoms with E-state index in [-0.39, 0.29) is 13.1 Å². The largest absolute Gasteiger partial charge is 0.416 e. The molecule has 0 N–H and O–H groups in total. The summed E-state index contributed by atoms with van der Waals surface area (Å²) < 4.78 is 81.9. The molecule has 0 unspecified atom stereocenters. The summed E-state index contributed by atoms with van der Waals surface area (Å²) in [5.74, 6) is 5.40. The second kappa shape index (κ2) is 22.9. The number of benzene rings is 4. The minimum Gasteiger partial charge on any atom is -0.356 e. The summed E-state index contributed by atoms with van der Waals surface area (Å²) in [7, 11) is 3.37. The Labute approximate surface area is 468 Å². The molecule has 12 rings (SSSR count). The Balaban J connectivity index is 0.000000170. The van der Waals surface area contributed by atoms with Gasteiger partial charge in [0.2, 0.25) is 0 Å². The molecule has 0 saturated heterocycles. The monoisotopic (exact) mass is 1110 g/mol. The topological polar surface area (TPSA) is 126 Å². The van der Waals surface area contributed by atoms with Crippen molar-refractivity contribution in [2.24, 2.45) is 37.8 Å². The van der Waals surface area contributed by atoms with Gasteiger partial charge in [-0.15, -0.1) is 10.2 Å². The summed E-state index contributed by atoms with van der Waals surface area (Å²) in [6, 6.07) is 25.2. The Morgan fingerprint density at radius 2 is 0.889 bits per heavy atom. The van der Waals surface area contributed by atoms with Crippen molar-refractivity contribution in [3.8, 4) is 0 Å². The lowest BCUT2D eigenvalue weighted by Gasteiger charge is -2.29. The fourth-order valence-corrected chi connectivity index (χ4v) is 11.0. The number of rotatable bonds is 21. The van der Waals surface area contributed by atoms with E-state index in [0.717, 1.165) is 82.7 Å². The van der Waals surface area contributed by atoms with E-state index in [9.17, 15) is 26.3 Å². The molecule has 0 amide bonds. The molecule has 4 saturated carbocycles. The Morgan fingerprint density at radius 1 is 0.481 bits per heavy atom. The Hall–Kier alpha value is -7.38. The van der Waals surface area contributed by atoms with Crippen LogP contribution in [0.4, 0.5) is 49.9 Å². The summed E-state index contributed by atoms with van der Waals surface area (Å²) in [5, 5.41) is 27.5. The molecule has 4 fully saturated rings. The highest BCUT2D eigenvalue weighted by atomic mass is 19.4. The molecule has 0 aliphatic heterocycles. The Morgan fingerprint density at radius 3 is 1.27 bits per heavy atom. The van der Waals surface area contributed by atoms with E-state index in [4.69, 9.17) is 9.97 Å². The number of hydrogen-bond donors (Lipinski definition) is 0. The van der Waals surface area contributed by atoms with Crippen LogP contribution >= 0.6 is 0 Å². The van der Waals surface area contributed by atoms with Crippen molar-refractivity contribution in [3.05, 3.63) is 141 Å². The number of halogens is 6. The molecule has 0 spiro atoms. The second-order valence-corrected chi connectivity index (χ2v) is 23.3. The van der Waals surface area contributed by atoms with E-state index in [0.29, 0.717) is 70.9 Å². The number of nitrogens with zero attached hydrogens (tertiary/aromatic N) is 14. The lowest BCUT2D eigenvalue weighted by atomic mass is 10.0. The molecule has 14 nitrogen and oxygen atoms in total. The van der Waals surface area contributed by atoms with E-state index in [1.807, 2.05) is 15.9 Å². The number of pyridine rings is 2. The van der Waals surface area contributed by atoms with Crippen LogP contribution in [0.2, 0.25) is 0 Å². The van der Waals surface area contributed by atoms with Gasteiger partial charge in [0.15, 0.2) is 0 Å². The maximum atomic E-state index is 13.7. The van der Waals surface area contributed by atoms with Gasteiger partial charge in [-0.1, -0.05) is 76.8 Å². The normalized spacial score (nSPS) is 15.5. The van der Waals surface area contributed by atoms with Crippen LogP contribution in [0.15, 0.2) is 84.9 Å². The van der Waals surface area contributed by atoms with Crippen LogP contribution in [0, 0.1) is 44.4 Å². The van der Waals surface area contributed by atoms with E-state index in [1.54, 1.807) is 40.1 Å². The van der Waals surface area contributed by atoms with Crippen LogP contribution < -0.4 is 19.6 Å². The predicted octanol–water partition coefficient (Wildman–Crippen LogP) is 12.7. The van der Waals surface area contributed by atoms with E-state index in [1.165, 1.54) is 90.8 Å². The molecular formula is C61H70F6N14. The molecule has 20 heteroatoms. The first-order chi connectivity index (χ1) is 38.8. The lowest BCUT2D eigenvalue weighted by molar-refractivity contribution is -0.138. The van der Waals surface area contributed by atoms with Gasteiger partial charge in [0, 0.05) is 74.3 Å². The third-order valence-corrected chi connectivity index (χ3v) is 15.7. The molecule has 4 aliphatic rings. The van der Waals surface area contributed by atoms with Gasteiger partial charge in [-0.2, -0.15) is 35.9 Å². The standard InChI is InChI=1S/C31H36F3N7.C30H34F3N7/c1-4-24-6-5-7-25-15-26(29(35-28(24)25)40(16-21-8-9-21)17-22-10-11-22)19-41(30-36-38-39(3)37-30)18-23-12-20(2)13-27(14-23)31(32,33)34;1-19-11-23(13-26(12-19)30(31,32)33)17-40(29-35-37-38(3)36-29)18-25-14-24-6-4-5-20(2)27(24)34-28(25)39(15-21-7-8-21)16-22-9-10-22/h5-7,12-15,21-22H,4,8-11,16-19H2,1-3H3;4-6,11-14,21-22H,7-10,15-18H2,1-3H3. The maximum Gasteiger partial charge on any atom is 0.416 e. The molecule has 4 heterocycles. The smallest absolute Gasteiger partial charge is 0.356 e. The molecule has 81 heavy (non-hydrogen) atoms. The zero-order chi connectivity index (χ0) is 56.7. The SMILES string of the molecule is CCc1cccc2cc(CN(Cc3cc(C)cc(C(F)(F)F)c3)c3nnn(C)n3)c(N(CC3CC3)CC3CC3)nc12.Cc1cc(CN(Cc2cc3cccc(C)c3nc2N(CC2CC2)CC2CC2)c2nnn(C)n2)cc(C(F)(F)F)c1. The molecule has 0 radical (unpaired) electrons. The summed E-state index contributed by atoms with van der Waals surface area (Å²) >= 11 is 0. The Kier molecular flexibility index (Phi) is 15.7. The van der Waals surface area contributed by atoms with Crippen LogP contribution in [0.5, 0.6) is 0 Å².